The van der Waals surface area contributed by atoms with Crippen LogP contribution in [0.2, 0.25) is 0 Å². The Labute approximate surface area is 124 Å². The summed E-state index contributed by atoms with van der Waals surface area (Å²) in [6, 6.07) is 5.92. The fraction of sp³-hybridized carbons (Fsp3) is 0.562. The van der Waals surface area contributed by atoms with Crippen molar-refractivity contribution in [1.29, 1.82) is 0 Å². The van der Waals surface area contributed by atoms with E-state index in [1.54, 1.807) is 19.1 Å². The minimum Gasteiger partial charge on any atom is -0.481 e. The zero-order valence-corrected chi connectivity index (χ0v) is 12.3. The lowest BCUT2D eigenvalue weighted by Gasteiger charge is -2.32. The monoisotopic (exact) mass is 294 g/mol. The first-order valence-electron chi connectivity index (χ1n) is 7.53. The van der Waals surface area contributed by atoms with Gasteiger partial charge in [-0.3, -0.25) is 4.79 Å². The molecule has 4 nitrogen and oxygen atoms in total. The first-order valence-corrected chi connectivity index (χ1v) is 7.53. The predicted molar refractivity (Wildman–Crippen MR) is 79.4 cm³/mol. The van der Waals surface area contributed by atoms with Gasteiger partial charge in [0.05, 0.1) is 0 Å². The van der Waals surface area contributed by atoms with Crippen LogP contribution in [0.5, 0.6) is 5.75 Å². The van der Waals surface area contributed by atoms with Crippen LogP contribution in [0.3, 0.4) is 0 Å². The normalized spacial score (nSPS) is 23.4. The van der Waals surface area contributed by atoms with E-state index in [1.807, 2.05) is 0 Å². The van der Waals surface area contributed by atoms with Gasteiger partial charge in [-0.2, -0.15) is 0 Å². The number of nitrogens with two attached hydrogens (primary N) is 1. The summed E-state index contributed by atoms with van der Waals surface area (Å²) in [6.45, 7) is 2.25. The van der Waals surface area contributed by atoms with Crippen LogP contribution in [0, 0.1) is 11.7 Å². The third kappa shape index (κ3) is 4.43. The molecule has 1 aliphatic rings. The van der Waals surface area contributed by atoms with E-state index in [-0.39, 0.29) is 17.8 Å². The minimum atomic E-state index is -0.660. The molecule has 0 aromatic heterocycles. The van der Waals surface area contributed by atoms with Crippen molar-refractivity contribution < 1.29 is 13.9 Å². The second-order valence-electron chi connectivity index (χ2n) is 5.61. The summed E-state index contributed by atoms with van der Waals surface area (Å²) in [6.07, 6.45) is 3.64. The summed E-state index contributed by atoms with van der Waals surface area (Å²) in [7, 11) is 0. The molecule has 1 fully saturated rings. The van der Waals surface area contributed by atoms with Crippen molar-refractivity contribution in [3.63, 3.8) is 0 Å². The highest BCUT2D eigenvalue weighted by molar-refractivity contribution is 5.81. The van der Waals surface area contributed by atoms with E-state index in [4.69, 9.17) is 10.5 Å². The second-order valence-corrected chi connectivity index (χ2v) is 5.61. The van der Waals surface area contributed by atoms with Crippen LogP contribution in [0.15, 0.2) is 24.3 Å². The van der Waals surface area contributed by atoms with Gasteiger partial charge in [0.2, 0.25) is 0 Å². The van der Waals surface area contributed by atoms with Crippen LogP contribution in [0.4, 0.5) is 4.39 Å². The molecule has 1 aliphatic carbocycles. The van der Waals surface area contributed by atoms with Crippen LogP contribution in [0.1, 0.15) is 32.6 Å². The maximum atomic E-state index is 13.1. The van der Waals surface area contributed by atoms with Crippen LogP contribution in [-0.2, 0) is 4.79 Å². The topological polar surface area (TPSA) is 64.3 Å². The Morgan fingerprint density at radius 2 is 2.24 bits per heavy atom. The number of nitrogens with one attached hydrogen (secondary N) is 1. The van der Waals surface area contributed by atoms with Crippen molar-refractivity contribution in [2.24, 2.45) is 11.7 Å². The summed E-state index contributed by atoms with van der Waals surface area (Å²) in [5, 5.41) is 3.02. The molecule has 3 N–H and O–H groups in total. The smallest absolute Gasteiger partial charge is 0.261 e. The number of rotatable bonds is 5. The summed E-state index contributed by atoms with van der Waals surface area (Å²) in [4.78, 5) is 12.2. The zero-order valence-electron chi connectivity index (χ0n) is 12.3. The summed E-state index contributed by atoms with van der Waals surface area (Å²) in [5.74, 6) is 0.140. The fourth-order valence-electron chi connectivity index (χ4n) is 2.78. The number of amides is 1. The number of benzene rings is 1. The molecule has 0 saturated heterocycles. The summed E-state index contributed by atoms with van der Waals surface area (Å²) in [5.41, 5.74) is 5.76. The number of carbonyl (C=O) groups excluding carboxylic acids is 1. The van der Waals surface area contributed by atoms with Gasteiger partial charge < -0.3 is 15.8 Å². The lowest BCUT2D eigenvalue weighted by atomic mass is 9.84. The predicted octanol–water partition coefficient (Wildman–Crippen LogP) is 2.23. The highest BCUT2D eigenvalue weighted by atomic mass is 19.1. The van der Waals surface area contributed by atoms with E-state index in [2.05, 4.69) is 5.32 Å². The van der Waals surface area contributed by atoms with Gasteiger partial charge in [0, 0.05) is 12.1 Å². The SMILES string of the molecule is CC(Oc1cccc(F)c1)C(=O)NC1CCCCC1CN. The van der Waals surface area contributed by atoms with E-state index in [0.717, 1.165) is 19.3 Å². The second kappa shape index (κ2) is 7.41. The van der Waals surface area contributed by atoms with E-state index < -0.39 is 6.10 Å². The molecule has 5 heteroatoms. The van der Waals surface area contributed by atoms with Crippen molar-refractivity contribution in [3.8, 4) is 5.75 Å². The third-order valence-electron chi connectivity index (χ3n) is 4.02. The number of halogens is 1. The molecule has 0 bridgehead atoms. The Kier molecular flexibility index (Phi) is 5.56. The number of hydrogen-bond donors (Lipinski definition) is 2. The molecule has 1 aromatic carbocycles. The minimum absolute atomic E-state index is 0.120. The van der Waals surface area contributed by atoms with Gasteiger partial charge in [-0.15, -0.1) is 0 Å². The molecule has 2 rings (SSSR count). The molecular formula is C16H23FN2O2. The van der Waals surface area contributed by atoms with Crippen molar-refractivity contribution in [3.05, 3.63) is 30.1 Å². The lowest BCUT2D eigenvalue weighted by Crippen LogP contribution is -2.48. The molecule has 1 amide bonds. The molecular weight excluding hydrogens is 271 g/mol. The molecule has 0 aliphatic heterocycles. The van der Waals surface area contributed by atoms with Crippen LogP contribution < -0.4 is 15.8 Å². The van der Waals surface area contributed by atoms with Crippen LogP contribution in [0.25, 0.3) is 0 Å². The van der Waals surface area contributed by atoms with Crippen molar-refractivity contribution in [1.82, 2.24) is 5.32 Å². The maximum absolute atomic E-state index is 13.1. The largest absolute Gasteiger partial charge is 0.481 e. The molecule has 0 spiro atoms. The number of carbonyl (C=O) groups is 1. The van der Waals surface area contributed by atoms with E-state index in [0.29, 0.717) is 18.2 Å². The molecule has 3 atom stereocenters. The molecule has 116 valence electrons. The number of hydrogen-bond acceptors (Lipinski definition) is 3. The Morgan fingerprint density at radius 1 is 1.48 bits per heavy atom. The van der Waals surface area contributed by atoms with Crippen molar-refractivity contribution in [2.75, 3.05) is 6.54 Å². The van der Waals surface area contributed by atoms with Gasteiger partial charge in [0.25, 0.3) is 5.91 Å². The first-order chi connectivity index (χ1) is 10.1. The molecule has 1 saturated carbocycles. The lowest BCUT2D eigenvalue weighted by molar-refractivity contribution is -0.128. The van der Waals surface area contributed by atoms with Crippen molar-refractivity contribution >= 4 is 5.91 Å². The number of ether oxygens (including phenoxy) is 1. The molecule has 3 unspecified atom stereocenters. The van der Waals surface area contributed by atoms with Gasteiger partial charge >= 0.3 is 0 Å². The van der Waals surface area contributed by atoms with Gasteiger partial charge in [-0.05, 0) is 44.4 Å². The van der Waals surface area contributed by atoms with Gasteiger partial charge in [0.15, 0.2) is 6.10 Å². The Balaban J connectivity index is 1.90. The average molecular weight is 294 g/mol. The van der Waals surface area contributed by atoms with Crippen LogP contribution in [-0.4, -0.2) is 24.6 Å². The summed E-state index contributed by atoms with van der Waals surface area (Å²) < 4.78 is 18.6. The first kappa shape index (κ1) is 15.8. The molecule has 0 heterocycles. The Bertz CT molecular complexity index is 481. The molecule has 1 aromatic rings. The fourth-order valence-corrected chi connectivity index (χ4v) is 2.78. The maximum Gasteiger partial charge on any atom is 0.261 e. The Morgan fingerprint density at radius 3 is 2.95 bits per heavy atom. The van der Waals surface area contributed by atoms with Crippen LogP contribution >= 0.6 is 0 Å². The zero-order chi connectivity index (χ0) is 15.2. The van der Waals surface area contributed by atoms with E-state index in [9.17, 15) is 9.18 Å². The highest BCUT2D eigenvalue weighted by Crippen LogP contribution is 2.23. The quantitative estimate of drug-likeness (QED) is 0.875. The highest BCUT2D eigenvalue weighted by Gasteiger charge is 2.27. The standard InChI is InChI=1S/C16H23FN2O2/c1-11(21-14-7-4-6-13(17)9-14)16(20)19-15-8-3-2-5-12(15)10-18/h4,6-7,9,11-12,15H,2-3,5,8,10,18H2,1H3,(H,19,20). The molecule has 21 heavy (non-hydrogen) atoms. The van der Waals surface area contributed by atoms with E-state index >= 15 is 0 Å². The van der Waals surface area contributed by atoms with Gasteiger partial charge in [-0.25, -0.2) is 4.39 Å². The summed E-state index contributed by atoms with van der Waals surface area (Å²) >= 11 is 0. The van der Waals surface area contributed by atoms with Gasteiger partial charge in [-0.1, -0.05) is 18.9 Å². The average Bonchev–Trinajstić information content (AvgIpc) is 2.47. The third-order valence-corrected chi connectivity index (χ3v) is 4.02. The van der Waals surface area contributed by atoms with Gasteiger partial charge in [0.1, 0.15) is 11.6 Å². The molecule has 0 radical (unpaired) electrons. The van der Waals surface area contributed by atoms with Crippen molar-refractivity contribution in [2.45, 2.75) is 44.8 Å². The van der Waals surface area contributed by atoms with E-state index in [1.165, 1.54) is 18.6 Å². The Hall–Kier alpha value is -1.62.